The predicted molar refractivity (Wildman–Crippen MR) is 77.7 cm³/mol. The minimum absolute atomic E-state index is 0.401. The van der Waals surface area contributed by atoms with Crippen molar-refractivity contribution in [1.82, 2.24) is 4.90 Å². The number of nitrogens with zero attached hydrogens (tertiary/aromatic N) is 1. The van der Waals surface area contributed by atoms with Gasteiger partial charge in [-0.15, -0.1) is 0 Å². The second-order valence-corrected chi connectivity index (χ2v) is 5.83. The smallest absolute Gasteiger partial charge is 0.0473 e. The monoisotopic (exact) mass is 246 g/mol. The van der Waals surface area contributed by atoms with Gasteiger partial charge in [0.2, 0.25) is 0 Å². The van der Waals surface area contributed by atoms with Crippen LogP contribution in [0.5, 0.6) is 0 Å². The van der Waals surface area contributed by atoms with E-state index in [9.17, 15) is 0 Å². The molecule has 1 atom stereocenters. The summed E-state index contributed by atoms with van der Waals surface area (Å²) in [5, 5.41) is 0. The molecule has 1 aromatic rings. The van der Waals surface area contributed by atoms with Crippen molar-refractivity contribution in [3.63, 3.8) is 0 Å². The molecule has 0 aliphatic carbocycles. The Hall–Kier alpha value is -0.860. The Bertz CT molecular complexity index is 392. The maximum atomic E-state index is 6.04. The van der Waals surface area contributed by atoms with Crippen LogP contribution in [0.2, 0.25) is 0 Å². The fourth-order valence-electron chi connectivity index (χ4n) is 3.01. The van der Waals surface area contributed by atoms with Gasteiger partial charge in [0.15, 0.2) is 0 Å². The van der Waals surface area contributed by atoms with Crippen LogP contribution >= 0.6 is 0 Å². The number of aryl methyl sites for hydroxylation is 2. The molecule has 100 valence electrons. The van der Waals surface area contributed by atoms with Gasteiger partial charge in [-0.3, -0.25) is 4.90 Å². The van der Waals surface area contributed by atoms with Crippen molar-refractivity contribution in [3.8, 4) is 0 Å². The number of piperidine rings is 1. The SMILES string of the molecule is Cc1ccc(C(CN)N2CCC(C)CC2)c(C)c1. The molecule has 0 amide bonds. The van der Waals surface area contributed by atoms with Crippen LogP contribution in [0.4, 0.5) is 0 Å². The largest absolute Gasteiger partial charge is 0.329 e. The molecule has 1 aliphatic heterocycles. The first-order chi connectivity index (χ1) is 8.61. The highest BCUT2D eigenvalue weighted by Crippen LogP contribution is 2.28. The fourth-order valence-corrected chi connectivity index (χ4v) is 3.01. The van der Waals surface area contributed by atoms with Gasteiger partial charge in [0.25, 0.3) is 0 Å². The predicted octanol–water partition coefficient (Wildman–Crippen LogP) is 3.04. The molecule has 0 bridgehead atoms. The average Bonchev–Trinajstić information content (AvgIpc) is 2.35. The molecule has 0 aromatic heterocycles. The molecule has 2 rings (SSSR count). The van der Waals surface area contributed by atoms with Crippen molar-refractivity contribution in [2.45, 2.75) is 39.7 Å². The van der Waals surface area contributed by atoms with Crippen LogP contribution in [0.1, 0.15) is 42.5 Å². The molecule has 1 aromatic carbocycles. The first-order valence-electron chi connectivity index (χ1n) is 7.13. The van der Waals surface area contributed by atoms with Gasteiger partial charge >= 0.3 is 0 Å². The molecule has 2 heteroatoms. The number of likely N-dealkylation sites (tertiary alicyclic amines) is 1. The molecule has 2 N–H and O–H groups in total. The van der Waals surface area contributed by atoms with Crippen LogP contribution < -0.4 is 5.73 Å². The van der Waals surface area contributed by atoms with Crippen LogP contribution in [0, 0.1) is 19.8 Å². The first kappa shape index (κ1) is 13.6. The zero-order chi connectivity index (χ0) is 13.1. The molecule has 18 heavy (non-hydrogen) atoms. The van der Waals surface area contributed by atoms with E-state index in [0.29, 0.717) is 6.04 Å². The quantitative estimate of drug-likeness (QED) is 0.888. The topological polar surface area (TPSA) is 29.3 Å². The Morgan fingerprint density at radius 3 is 2.50 bits per heavy atom. The van der Waals surface area contributed by atoms with E-state index < -0.39 is 0 Å². The zero-order valence-corrected chi connectivity index (χ0v) is 11.9. The zero-order valence-electron chi connectivity index (χ0n) is 11.9. The van der Waals surface area contributed by atoms with Crippen LogP contribution in [0.15, 0.2) is 18.2 Å². The molecule has 2 nitrogen and oxygen atoms in total. The molecule has 0 radical (unpaired) electrons. The normalized spacial score (nSPS) is 20.0. The summed E-state index contributed by atoms with van der Waals surface area (Å²) in [4.78, 5) is 2.57. The summed E-state index contributed by atoms with van der Waals surface area (Å²) in [5.41, 5.74) is 10.2. The van der Waals surface area contributed by atoms with Crippen molar-refractivity contribution >= 4 is 0 Å². The standard InChI is InChI=1S/C16H26N2/c1-12-6-8-18(9-7-12)16(11-17)15-5-4-13(2)10-14(15)3/h4-5,10,12,16H,6-9,11,17H2,1-3H3. The Morgan fingerprint density at radius 1 is 1.28 bits per heavy atom. The number of rotatable bonds is 3. The molecule has 1 unspecified atom stereocenters. The van der Waals surface area contributed by atoms with Crippen molar-refractivity contribution in [3.05, 3.63) is 34.9 Å². The molecule has 1 heterocycles. The van der Waals surface area contributed by atoms with E-state index in [1.54, 1.807) is 0 Å². The lowest BCUT2D eigenvalue weighted by molar-refractivity contribution is 0.141. The van der Waals surface area contributed by atoms with Crippen molar-refractivity contribution in [1.29, 1.82) is 0 Å². The Labute approximate surface area is 111 Å². The van der Waals surface area contributed by atoms with E-state index in [1.165, 1.54) is 42.6 Å². The molecule has 1 aliphatic rings. The summed E-state index contributed by atoms with van der Waals surface area (Å²) in [5.74, 6) is 0.874. The molecular formula is C16H26N2. The maximum absolute atomic E-state index is 6.04. The van der Waals surface area contributed by atoms with Crippen LogP contribution in [-0.2, 0) is 0 Å². The Kier molecular flexibility index (Phi) is 4.41. The van der Waals surface area contributed by atoms with Gasteiger partial charge in [-0.05, 0) is 56.8 Å². The second kappa shape index (κ2) is 5.85. The fraction of sp³-hybridized carbons (Fsp3) is 0.625. The lowest BCUT2D eigenvalue weighted by Crippen LogP contribution is -2.39. The summed E-state index contributed by atoms with van der Waals surface area (Å²) in [6.07, 6.45) is 2.61. The minimum Gasteiger partial charge on any atom is -0.329 e. The number of hydrogen-bond donors (Lipinski definition) is 1. The number of benzene rings is 1. The highest BCUT2D eigenvalue weighted by molar-refractivity contribution is 5.33. The van der Waals surface area contributed by atoms with Gasteiger partial charge in [-0.2, -0.15) is 0 Å². The van der Waals surface area contributed by atoms with Gasteiger partial charge in [-0.25, -0.2) is 0 Å². The van der Waals surface area contributed by atoms with Gasteiger partial charge in [0.05, 0.1) is 0 Å². The van der Waals surface area contributed by atoms with Crippen molar-refractivity contribution in [2.24, 2.45) is 11.7 Å². The van der Waals surface area contributed by atoms with Gasteiger partial charge in [0, 0.05) is 12.6 Å². The lowest BCUT2D eigenvalue weighted by Gasteiger charge is -2.37. The third kappa shape index (κ3) is 2.93. The summed E-state index contributed by atoms with van der Waals surface area (Å²) in [6, 6.07) is 7.14. The highest BCUT2D eigenvalue weighted by atomic mass is 15.2. The van der Waals surface area contributed by atoms with E-state index in [1.807, 2.05) is 0 Å². The maximum Gasteiger partial charge on any atom is 0.0473 e. The van der Waals surface area contributed by atoms with Crippen molar-refractivity contribution < 1.29 is 0 Å². The first-order valence-corrected chi connectivity index (χ1v) is 7.13. The van der Waals surface area contributed by atoms with E-state index >= 15 is 0 Å². The third-order valence-electron chi connectivity index (χ3n) is 4.27. The van der Waals surface area contributed by atoms with Gasteiger partial charge in [0.1, 0.15) is 0 Å². The van der Waals surface area contributed by atoms with Gasteiger partial charge in [-0.1, -0.05) is 30.7 Å². The summed E-state index contributed by atoms with van der Waals surface area (Å²) >= 11 is 0. The van der Waals surface area contributed by atoms with Crippen LogP contribution in [0.3, 0.4) is 0 Å². The minimum atomic E-state index is 0.401. The summed E-state index contributed by atoms with van der Waals surface area (Å²) in [7, 11) is 0. The summed E-state index contributed by atoms with van der Waals surface area (Å²) in [6.45, 7) is 9.81. The van der Waals surface area contributed by atoms with E-state index in [4.69, 9.17) is 5.73 Å². The Morgan fingerprint density at radius 2 is 1.94 bits per heavy atom. The van der Waals surface area contributed by atoms with E-state index in [-0.39, 0.29) is 0 Å². The molecule has 1 saturated heterocycles. The van der Waals surface area contributed by atoms with Gasteiger partial charge < -0.3 is 5.73 Å². The molecular weight excluding hydrogens is 220 g/mol. The Balaban J connectivity index is 2.17. The number of nitrogens with two attached hydrogens (primary N) is 1. The molecule has 1 fully saturated rings. The van der Waals surface area contributed by atoms with Crippen LogP contribution in [0.25, 0.3) is 0 Å². The molecule has 0 spiro atoms. The van der Waals surface area contributed by atoms with E-state index in [0.717, 1.165) is 12.5 Å². The molecule has 0 saturated carbocycles. The number of hydrogen-bond acceptors (Lipinski definition) is 2. The third-order valence-corrected chi connectivity index (χ3v) is 4.27. The second-order valence-electron chi connectivity index (χ2n) is 5.83. The van der Waals surface area contributed by atoms with Crippen molar-refractivity contribution in [2.75, 3.05) is 19.6 Å². The summed E-state index contributed by atoms with van der Waals surface area (Å²) < 4.78 is 0. The van der Waals surface area contributed by atoms with E-state index in [2.05, 4.69) is 43.9 Å². The lowest BCUT2D eigenvalue weighted by atomic mass is 9.93. The average molecular weight is 246 g/mol. The highest BCUT2D eigenvalue weighted by Gasteiger charge is 2.24. The van der Waals surface area contributed by atoms with Crippen LogP contribution in [-0.4, -0.2) is 24.5 Å².